The highest BCUT2D eigenvalue weighted by Gasteiger charge is 2.13. The second-order valence-corrected chi connectivity index (χ2v) is 5.72. The van der Waals surface area contributed by atoms with E-state index in [1.165, 1.54) is 11.6 Å². The van der Waals surface area contributed by atoms with Crippen LogP contribution >= 0.6 is 11.6 Å². The summed E-state index contributed by atoms with van der Waals surface area (Å²) < 4.78 is 14.0. The molecule has 0 heterocycles. The van der Waals surface area contributed by atoms with Gasteiger partial charge in [-0.2, -0.15) is 0 Å². The van der Waals surface area contributed by atoms with Gasteiger partial charge in [-0.15, -0.1) is 0 Å². The average molecular weight is 306 g/mol. The lowest BCUT2D eigenvalue weighted by Gasteiger charge is -2.19. The maximum Gasteiger partial charge on any atom is 0.127 e. The smallest absolute Gasteiger partial charge is 0.127 e. The molecule has 1 unspecified atom stereocenters. The van der Waals surface area contributed by atoms with Gasteiger partial charge >= 0.3 is 0 Å². The van der Waals surface area contributed by atoms with Crippen molar-refractivity contribution in [2.45, 2.75) is 32.2 Å². The molecular formula is C18H21ClFN. The molecule has 1 nitrogen and oxygen atoms in total. The van der Waals surface area contributed by atoms with E-state index in [9.17, 15) is 4.39 Å². The maximum absolute atomic E-state index is 14.0. The molecule has 0 amide bonds. The van der Waals surface area contributed by atoms with Gasteiger partial charge in [0.1, 0.15) is 5.82 Å². The second-order valence-electron chi connectivity index (χ2n) is 5.28. The van der Waals surface area contributed by atoms with E-state index in [0.717, 1.165) is 19.4 Å². The summed E-state index contributed by atoms with van der Waals surface area (Å²) in [5.41, 5.74) is 1.98. The molecule has 2 aromatic carbocycles. The third kappa shape index (κ3) is 5.14. The normalized spacial score (nSPS) is 12.3. The number of hydrogen-bond acceptors (Lipinski definition) is 1. The minimum absolute atomic E-state index is 0.223. The Hall–Kier alpha value is -1.38. The van der Waals surface area contributed by atoms with E-state index in [2.05, 4.69) is 24.4 Å². The Kier molecular flexibility index (Phi) is 6.21. The Morgan fingerprint density at radius 3 is 2.52 bits per heavy atom. The molecule has 0 saturated heterocycles. The van der Waals surface area contributed by atoms with Crippen LogP contribution in [0.3, 0.4) is 0 Å². The molecule has 0 aliphatic carbocycles. The molecule has 2 aromatic rings. The molecule has 1 atom stereocenters. The van der Waals surface area contributed by atoms with Crippen molar-refractivity contribution in [3.8, 4) is 0 Å². The third-order valence-corrected chi connectivity index (χ3v) is 3.72. The summed E-state index contributed by atoms with van der Waals surface area (Å²) in [7, 11) is 0. The lowest BCUT2D eigenvalue weighted by Crippen LogP contribution is -2.34. The van der Waals surface area contributed by atoms with Crippen LogP contribution in [0.4, 0.5) is 4.39 Å². The van der Waals surface area contributed by atoms with Crippen LogP contribution < -0.4 is 5.32 Å². The van der Waals surface area contributed by atoms with Gasteiger partial charge in [0, 0.05) is 11.1 Å². The standard InChI is InChI=1S/C18H21ClFN/c1-2-10-21-17(11-14-6-4-3-5-7-14)12-15-8-9-16(19)13-18(15)20/h3-9,13,17,21H,2,10-12H2,1H3. The summed E-state index contributed by atoms with van der Waals surface area (Å²) in [6.45, 7) is 3.07. The molecular weight excluding hydrogens is 285 g/mol. The monoisotopic (exact) mass is 305 g/mol. The molecule has 0 fully saturated rings. The van der Waals surface area contributed by atoms with Gasteiger partial charge < -0.3 is 5.32 Å². The Labute approximate surface area is 131 Å². The van der Waals surface area contributed by atoms with Crippen LogP contribution in [-0.2, 0) is 12.8 Å². The fourth-order valence-corrected chi connectivity index (χ4v) is 2.58. The lowest BCUT2D eigenvalue weighted by molar-refractivity contribution is 0.492. The first-order valence-electron chi connectivity index (χ1n) is 7.40. The fourth-order valence-electron chi connectivity index (χ4n) is 2.42. The molecule has 0 aromatic heterocycles. The van der Waals surface area contributed by atoms with Crippen LogP contribution in [0.1, 0.15) is 24.5 Å². The molecule has 21 heavy (non-hydrogen) atoms. The van der Waals surface area contributed by atoms with Crippen molar-refractivity contribution in [3.63, 3.8) is 0 Å². The number of hydrogen-bond donors (Lipinski definition) is 1. The first-order valence-corrected chi connectivity index (χ1v) is 7.78. The summed E-state index contributed by atoms with van der Waals surface area (Å²) in [5, 5.41) is 3.95. The summed E-state index contributed by atoms with van der Waals surface area (Å²) in [4.78, 5) is 0. The minimum atomic E-state index is -0.223. The van der Waals surface area contributed by atoms with E-state index >= 15 is 0 Å². The Morgan fingerprint density at radius 2 is 1.86 bits per heavy atom. The predicted octanol–water partition coefficient (Wildman–Crippen LogP) is 4.63. The SMILES string of the molecule is CCCNC(Cc1ccccc1)Cc1ccc(Cl)cc1F. The summed E-state index contributed by atoms with van der Waals surface area (Å²) in [6, 6.07) is 15.4. The van der Waals surface area contributed by atoms with Crippen molar-refractivity contribution in [1.82, 2.24) is 5.32 Å². The fraction of sp³-hybridized carbons (Fsp3) is 0.333. The molecule has 1 N–H and O–H groups in total. The van der Waals surface area contributed by atoms with Crippen LogP contribution in [0.15, 0.2) is 48.5 Å². The highest BCUT2D eigenvalue weighted by Crippen LogP contribution is 2.17. The first-order chi connectivity index (χ1) is 10.2. The van der Waals surface area contributed by atoms with Gasteiger partial charge in [-0.1, -0.05) is 54.9 Å². The first kappa shape index (κ1) is 16.0. The zero-order valence-corrected chi connectivity index (χ0v) is 13.0. The molecule has 0 spiro atoms. The van der Waals surface area contributed by atoms with Gasteiger partial charge in [0.05, 0.1) is 0 Å². The largest absolute Gasteiger partial charge is 0.313 e. The van der Waals surface area contributed by atoms with Crippen LogP contribution in [-0.4, -0.2) is 12.6 Å². The summed E-state index contributed by atoms with van der Waals surface area (Å²) in [6.07, 6.45) is 2.62. The molecule has 0 saturated carbocycles. The maximum atomic E-state index is 14.0. The highest BCUT2D eigenvalue weighted by atomic mass is 35.5. The molecule has 0 aliphatic heterocycles. The number of benzene rings is 2. The van der Waals surface area contributed by atoms with Crippen LogP contribution in [0.25, 0.3) is 0 Å². The number of rotatable bonds is 7. The quantitative estimate of drug-likeness (QED) is 0.786. The zero-order valence-electron chi connectivity index (χ0n) is 12.3. The third-order valence-electron chi connectivity index (χ3n) is 3.49. The van der Waals surface area contributed by atoms with Crippen molar-refractivity contribution in [3.05, 3.63) is 70.5 Å². The Morgan fingerprint density at radius 1 is 1.10 bits per heavy atom. The van der Waals surface area contributed by atoms with Crippen molar-refractivity contribution >= 4 is 11.6 Å². The van der Waals surface area contributed by atoms with E-state index < -0.39 is 0 Å². The van der Waals surface area contributed by atoms with E-state index in [4.69, 9.17) is 11.6 Å². The molecule has 0 radical (unpaired) electrons. The second kappa shape index (κ2) is 8.16. The Balaban J connectivity index is 2.08. The van der Waals surface area contributed by atoms with Gasteiger partial charge in [-0.05, 0) is 49.1 Å². The van der Waals surface area contributed by atoms with Gasteiger partial charge in [0.2, 0.25) is 0 Å². The average Bonchev–Trinajstić information content (AvgIpc) is 2.48. The van der Waals surface area contributed by atoms with Crippen LogP contribution in [0, 0.1) is 5.82 Å². The van der Waals surface area contributed by atoms with Crippen molar-refractivity contribution in [1.29, 1.82) is 0 Å². The van der Waals surface area contributed by atoms with Crippen molar-refractivity contribution in [2.24, 2.45) is 0 Å². The summed E-state index contributed by atoms with van der Waals surface area (Å²) >= 11 is 5.81. The molecule has 3 heteroatoms. The molecule has 2 rings (SSSR count). The molecule has 0 aliphatic rings. The van der Waals surface area contributed by atoms with Crippen molar-refractivity contribution in [2.75, 3.05) is 6.54 Å². The lowest BCUT2D eigenvalue weighted by atomic mass is 9.98. The van der Waals surface area contributed by atoms with Gasteiger partial charge in [-0.25, -0.2) is 4.39 Å². The minimum Gasteiger partial charge on any atom is -0.313 e. The van der Waals surface area contributed by atoms with E-state index in [0.29, 0.717) is 17.0 Å². The Bertz CT molecular complexity index is 556. The van der Waals surface area contributed by atoms with Crippen LogP contribution in [0.2, 0.25) is 5.02 Å². The van der Waals surface area contributed by atoms with E-state index in [1.54, 1.807) is 12.1 Å². The van der Waals surface area contributed by atoms with E-state index in [1.807, 2.05) is 18.2 Å². The number of halogens is 2. The summed E-state index contributed by atoms with van der Waals surface area (Å²) in [5.74, 6) is -0.223. The number of nitrogens with one attached hydrogen (secondary N) is 1. The zero-order chi connectivity index (χ0) is 15.1. The van der Waals surface area contributed by atoms with Gasteiger partial charge in [0.25, 0.3) is 0 Å². The highest BCUT2D eigenvalue weighted by molar-refractivity contribution is 6.30. The van der Waals surface area contributed by atoms with Crippen LogP contribution in [0.5, 0.6) is 0 Å². The topological polar surface area (TPSA) is 12.0 Å². The molecule has 0 bridgehead atoms. The van der Waals surface area contributed by atoms with Gasteiger partial charge in [0.15, 0.2) is 0 Å². The van der Waals surface area contributed by atoms with Gasteiger partial charge in [-0.3, -0.25) is 0 Å². The van der Waals surface area contributed by atoms with E-state index in [-0.39, 0.29) is 11.9 Å². The molecule has 112 valence electrons. The van der Waals surface area contributed by atoms with Crippen molar-refractivity contribution < 1.29 is 4.39 Å². The predicted molar refractivity (Wildman–Crippen MR) is 87.3 cm³/mol.